The Kier molecular flexibility index (Phi) is 4.09. The Balaban J connectivity index is 1.69. The summed E-state index contributed by atoms with van der Waals surface area (Å²) >= 11 is 0. The van der Waals surface area contributed by atoms with Crippen LogP contribution in [-0.2, 0) is 9.59 Å². The third kappa shape index (κ3) is 2.77. The molecule has 0 aliphatic carbocycles. The maximum Gasteiger partial charge on any atom is 0.250 e. The minimum atomic E-state index is -0.772. The summed E-state index contributed by atoms with van der Waals surface area (Å²) in [5.74, 6) is -0.254. The fraction of sp³-hybridized carbons (Fsp3) is 0.412. The number of aromatic nitrogens is 3. The van der Waals surface area contributed by atoms with Gasteiger partial charge in [0.15, 0.2) is 0 Å². The van der Waals surface area contributed by atoms with Gasteiger partial charge in [-0.15, -0.1) is 0 Å². The molecule has 1 aromatic carbocycles. The minimum absolute atomic E-state index is 0.0143. The van der Waals surface area contributed by atoms with Crippen LogP contribution in [0.4, 0.5) is 5.69 Å². The normalized spacial score (nSPS) is 19.9. The molecule has 1 aromatic heterocycles. The third-order valence-electron chi connectivity index (χ3n) is 4.48. The van der Waals surface area contributed by atoms with E-state index in [9.17, 15) is 9.59 Å². The summed E-state index contributed by atoms with van der Waals surface area (Å²) in [6, 6.07) is 7.33. The molecule has 0 saturated carbocycles. The average molecular weight is 327 g/mol. The lowest BCUT2D eigenvalue weighted by molar-refractivity contribution is -0.157. The molecule has 1 atom stereocenters. The maximum atomic E-state index is 12.6. The fourth-order valence-corrected chi connectivity index (χ4v) is 2.76. The number of anilines is 1. The fourth-order valence-electron chi connectivity index (χ4n) is 2.76. The van der Waals surface area contributed by atoms with E-state index in [0.29, 0.717) is 18.7 Å². The SMILES string of the molecule is CC(C)C(=O)N1CCC1(C)C(=O)Nc1ccc(-n2cncn2)cc1. The van der Waals surface area contributed by atoms with E-state index in [2.05, 4.69) is 15.4 Å². The Hall–Kier alpha value is -2.70. The Morgan fingerprint density at radius 1 is 1.25 bits per heavy atom. The first-order chi connectivity index (χ1) is 11.4. The van der Waals surface area contributed by atoms with Crippen LogP contribution in [0.3, 0.4) is 0 Å². The lowest BCUT2D eigenvalue weighted by atomic mass is 9.84. The van der Waals surface area contributed by atoms with Crippen LogP contribution < -0.4 is 5.32 Å². The van der Waals surface area contributed by atoms with Crippen LogP contribution in [0, 0.1) is 5.92 Å². The lowest BCUT2D eigenvalue weighted by Crippen LogP contribution is -2.66. The van der Waals surface area contributed by atoms with E-state index in [4.69, 9.17) is 0 Å². The van der Waals surface area contributed by atoms with Gasteiger partial charge in [-0.1, -0.05) is 13.8 Å². The van der Waals surface area contributed by atoms with Crippen molar-refractivity contribution in [2.24, 2.45) is 5.92 Å². The quantitative estimate of drug-likeness (QED) is 0.929. The van der Waals surface area contributed by atoms with Crippen molar-refractivity contribution in [2.75, 3.05) is 11.9 Å². The summed E-state index contributed by atoms with van der Waals surface area (Å²) in [5, 5.41) is 6.96. The molecule has 2 aromatic rings. The van der Waals surface area contributed by atoms with E-state index in [1.54, 1.807) is 15.9 Å². The van der Waals surface area contributed by atoms with Crippen LogP contribution in [0.15, 0.2) is 36.9 Å². The van der Waals surface area contributed by atoms with Gasteiger partial charge in [0.2, 0.25) is 11.8 Å². The van der Waals surface area contributed by atoms with Crippen molar-refractivity contribution in [2.45, 2.75) is 32.7 Å². The highest BCUT2D eigenvalue weighted by Crippen LogP contribution is 2.33. The molecule has 7 nitrogen and oxygen atoms in total. The zero-order valence-corrected chi connectivity index (χ0v) is 14.1. The van der Waals surface area contributed by atoms with Gasteiger partial charge in [-0.25, -0.2) is 9.67 Å². The van der Waals surface area contributed by atoms with Gasteiger partial charge in [-0.3, -0.25) is 9.59 Å². The number of nitrogens with zero attached hydrogens (tertiary/aromatic N) is 4. The molecule has 7 heteroatoms. The zero-order chi connectivity index (χ0) is 17.3. The second-order valence-electron chi connectivity index (χ2n) is 6.51. The van der Waals surface area contributed by atoms with Crippen LogP contribution in [0.2, 0.25) is 0 Å². The van der Waals surface area contributed by atoms with Crippen LogP contribution in [0.5, 0.6) is 0 Å². The van der Waals surface area contributed by atoms with Gasteiger partial charge >= 0.3 is 0 Å². The van der Waals surface area contributed by atoms with Gasteiger partial charge in [-0.05, 0) is 37.6 Å². The molecule has 1 saturated heterocycles. The first-order valence-electron chi connectivity index (χ1n) is 8.00. The molecule has 1 aliphatic rings. The van der Waals surface area contributed by atoms with Crippen molar-refractivity contribution < 1.29 is 9.59 Å². The number of carbonyl (C=O) groups excluding carboxylic acids is 2. The second-order valence-corrected chi connectivity index (χ2v) is 6.51. The summed E-state index contributed by atoms with van der Waals surface area (Å²) in [4.78, 5) is 30.4. The number of hydrogen-bond donors (Lipinski definition) is 1. The van der Waals surface area contributed by atoms with Crippen LogP contribution in [0.1, 0.15) is 27.2 Å². The van der Waals surface area contributed by atoms with Crippen molar-refractivity contribution in [3.8, 4) is 5.69 Å². The van der Waals surface area contributed by atoms with Crippen molar-refractivity contribution in [1.29, 1.82) is 0 Å². The maximum absolute atomic E-state index is 12.6. The summed E-state index contributed by atoms with van der Waals surface area (Å²) in [7, 11) is 0. The van der Waals surface area contributed by atoms with E-state index in [0.717, 1.165) is 5.69 Å². The van der Waals surface area contributed by atoms with Crippen molar-refractivity contribution in [1.82, 2.24) is 19.7 Å². The molecule has 1 aliphatic heterocycles. The minimum Gasteiger partial charge on any atom is -0.328 e. The number of amides is 2. The molecule has 2 heterocycles. The third-order valence-corrected chi connectivity index (χ3v) is 4.48. The average Bonchev–Trinajstić information content (AvgIpc) is 3.08. The Labute approximate surface area is 140 Å². The largest absolute Gasteiger partial charge is 0.328 e. The topological polar surface area (TPSA) is 80.1 Å². The number of likely N-dealkylation sites (tertiary alicyclic amines) is 1. The molecule has 1 fully saturated rings. The highest BCUT2D eigenvalue weighted by Gasteiger charge is 2.49. The number of benzene rings is 1. The zero-order valence-electron chi connectivity index (χ0n) is 14.1. The monoisotopic (exact) mass is 327 g/mol. The number of rotatable bonds is 4. The molecule has 0 spiro atoms. The van der Waals surface area contributed by atoms with Gasteiger partial charge in [0.05, 0.1) is 5.69 Å². The standard InChI is InChI=1S/C17H21N5O2/c1-12(2)15(23)21-9-8-17(21,3)16(24)20-13-4-6-14(7-5-13)22-11-18-10-19-22/h4-7,10-12H,8-9H2,1-3H3,(H,20,24). The van der Waals surface area contributed by atoms with Gasteiger partial charge in [0.1, 0.15) is 18.2 Å². The molecular weight excluding hydrogens is 306 g/mol. The van der Waals surface area contributed by atoms with Gasteiger partial charge in [0.25, 0.3) is 0 Å². The molecule has 126 valence electrons. The highest BCUT2D eigenvalue weighted by molar-refractivity contribution is 6.01. The molecule has 1 unspecified atom stereocenters. The molecule has 0 bridgehead atoms. The van der Waals surface area contributed by atoms with Gasteiger partial charge in [0, 0.05) is 18.2 Å². The molecular formula is C17H21N5O2. The predicted octanol–water partition coefficient (Wildman–Crippen LogP) is 1.85. The highest BCUT2D eigenvalue weighted by atomic mass is 16.2. The van der Waals surface area contributed by atoms with Crippen LogP contribution in [-0.4, -0.2) is 43.6 Å². The van der Waals surface area contributed by atoms with E-state index in [1.165, 1.54) is 6.33 Å². The molecule has 2 amide bonds. The summed E-state index contributed by atoms with van der Waals surface area (Å²) in [6.45, 7) is 6.14. The van der Waals surface area contributed by atoms with Crippen molar-refractivity contribution >= 4 is 17.5 Å². The van der Waals surface area contributed by atoms with Gasteiger partial charge in [-0.2, -0.15) is 5.10 Å². The lowest BCUT2D eigenvalue weighted by Gasteiger charge is -2.49. The Morgan fingerprint density at radius 2 is 1.96 bits per heavy atom. The first-order valence-corrected chi connectivity index (χ1v) is 8.00. The van der Waals surface area contributed by atoms with E-state index in [1.807, 2.05) is 45.0 Å². The van der Waals surface area contributed by atoms with E-state index < -0.39 is 5.54 Å². The molecule has 1 N–H and O–H groups in total. The molecule has 3 rings (SSSR count). The molecule has 0 radical (unpaired) electrons. The Morgan fingerprint density at radius 3 is 2.46 bits per heavy atom. The number of hydrogen-bond acceptors (Lipinski definition) is 4. The summed E-state index contributed by atoms with van der Waals surface area (Å²) in [5.41, 5.74) is 0.775. The van der Waals surface area contributed by atoms with Gasteiger partial charge < -0.3 is 10.2 Å². The Bertz CT molecular complexity index is 739. The summed E-state index contributed by atoms with van der Waals surface area (Å²) in [6.07, 6.45) is 3.75. The first kappa shape index (κ1) is 16.2. The predicted molar refractivity (Wildman–Crippen MR) is 89.6 cm³/mol. The van der Waals surface area contributed by atoms with E-state index in [-0.39, 0.29) is 17.7 Å². The van der Waals surface area contributed by atoms with Crippen molar-refractivity contribution in [3.63, 3.8) is 0 Å². The number of carbonyl (C=O) groups is 2. The summed E-state index contributed by atoms with van der Waals surface area (Å²) < 4.78 is 1.64. The van der Waals surface area contributed by atoms with Crippen molar-refractivity contribution in [3.05, 3.63) is 36.9 Å². The smallest absolute Gasteiger partial charge is 0.250 e. The van der Waals surface area contributed by atoms with Crippen LogP contribution in [0.25, 0.3) is 5.69 Å². The van der Waals surface area contributed by atoms with Crippen LogP contribution >= 0.6 is 0 Å². The van der Waals surface area contributed by atoms with E-state index >= 15 is 0 Å². The second kappa shape index (κ2) is 6.07. The molecule has 24 heavy (non-hydrogen) atoms. The number of nitrogens with one attached hydrogen (secondary N) is 1.